The van der Waals surface area contributed by atoms with Crippen molar-refractivity contribution in [1.82, 2.24) is 0 Å². The fourth-order valence-corrected chi connectivity index (χ4v) is 3.78. The van der Waals surface area contributed by atoms with Crippen LogP contribution in [0.15, 0.2) is 60.7 Å². The number of para-hydroxylation sites is 2. The third-order valence-corrected chi connectivity index (χ3v) is 5.57. The molecule has 0 saturated heterocycles. The van der Waals surface area contributed by atoms with Crippen LogP contribution in [-0.2, 0) is 0 Å². The lowest BCUT2D eigenvalue weighted by Crippen LogP contribution is -2.44. The molecule has 0 spiro atoms. The number of rotatable bonds is 14. The normalized spacial score (nSPS) is 10.7. The molecule has 0 aliphatic heterocycles. The van der Waals surface area contributed by atoms with Gasteiger partial charge in [0.05, 0.1) is 0 Å². The van der Waals surface area contributed by atoms with Crippen LogP contribution in [0.25, 0.3) is 0 Å². The Morgan fingerprint density at radius 2 is 0.933 bits per heavy atom. The number of anilines is 2. The van der Waals surface area contributed by atoms with Gasteiger partial charge >= 0.3 is 6.03 Å². The first-order valence-corrected chi connectivity index (χ1v) is 12.0. The zero-order valence-corrected chi connectivity index (χ0v) is 19.1. The number of hydrogen-bond acceptors (Lipinski definition) is 1. The number of carbonyl (C=O) groups excluding carboxylic acids is 1. The Kier molecular flexibility index (Phi) is 11.7. The van der Waals surface area contributed by atoms with E-state index in [-0.39, 0.29) is 6.03 Å². The molecule has 0 fully saturated rings. The molecule has 2 aromatic carbocycles. The maximum atomic E-state index is 13.7. The Labute approximate surface area is 184 Å². The first-order chi connectivity index (χ1) is 14.8. The first kappa shape index (κ1) is 24.0. The number of urea groups is 1. The van der Waals surface area contributed by atoms with Crippen molar-refractivity contribution >= 4 is 17.4 Å². The van der Waals surface area contributed by atoms with Crippen LogP contribution in [0.1, 0.15) is 78.1 Å². The monoisotopic (exact) mass is 408 g/mol. The largest absolute Gasteiger partial charge is 0.328 e. The first-order valence-electron chi connectivity index (χ1n) is 12.0. The molecule has 0 heterocycles. The Bertz CT molecular complexity index is 627. The Morgan fingerprint density at radius 1 is 0.567 bits per heavy atom. The van der Waals surface area contributed by atoms with E-state index in [0.717, 1.165) is 37.3 Å². The molecule has 0 aromatic heterocycles. The van der Waals surface area contributed by atoms with Gasteiger partial charge in [-0.3, -0.25) is 9.80 Å². The van der Waals surface area contributed by atoms with Crippen molar-refractivity contribution in [3.63, 3.8) is 0 Å². The summed E-state index contributed by atoms with van der Waals surface area (Å²) in [5.74, 6) is 0. The van der Waals surface area contributed by atoms with Gasteiger partial charge in [-0.05, 0) is 37.1 Å². The van der Waals surface area contributed by atoms with Gasteiger partial charge < -0.3 is 0 Å². The van der Waals surface area contributed by atoms with E-state index in [1.165, 1.54) is 51.4 Å². The second-order valence-electron chi connectivity index (χ2n) is 8.09. The summed E-state index contributed by atoms with van der Waals surface area (Å²) in [4.78, 5) is 17.7. The molecule has 0 saturated carbocycles. The van der Waals surface area contributed by atoms with E-state index >= 15 is 0 Å². The predicted octanol–water partition coefficient (Wildman–Crippen LogP) is 8.06. The molecule has 0 atom stereocenters. The maximum absolute atomic E-state index is 13.7. The van der Waals surface area contributed by atoms with Gasteiger partial charge in [-0.15, -0.1) is 0 Å². The summed E-state index contributed by atoms with van der Waals surface area (Å²) in [5.41, 5.74) is 1.98. The SMILES string of the molecule is CCCCCCCN(C(=O)N(CCCCCCC)c1ccccc1)c1ccccc1. The number of nitrogens with zero attached hydrogens (tertiary/aromatic N) is 2. The molecular formula is C27H40N2O. The van der Waals surface area contributed by atoms with Crippen molar-refractivity contribution in [3.8, 4) is 0 Å². The maximum Gasteiger partial charge on any atom is 0.328 e. The molecule has 0 unspecified atom stereocenters. The van der Waals surface area contributed by atoms with Gasteiger partial charge in [-0.1, -0.05) is 102 Å². The van der Waals surface area contributed by atoms with E-state index in [0.29, 0.717) is 0 Å². The fraction of sp³-hybridized carbons (Fsp3) is 0.519. The van der Waals surface area contributed by atoms with E-state index < -0.39 is 0 Å². The molecule has 164 valence electrons. The van der Waals surface area contributed by atoms with Crippen molar-refractivity contribution in [2.24, 2.45) is 0 Å². The molecular weight excluding hydrogens is 368 g/mol. The second kappa shape index (κ2) is 14.7. The van der Waals surface area contributed by atoms with E-state index in [4.69, 9.17) is 0 Å². The minimum absolute atomic E-state index is 0.0957. The second-order valence-corrected chi connectivity index (χ2v) is 8.09. The van der Waals surface area contributed by atoms with Crippen molar-refractivity contribution < 1.29 is 4.79 Å². The van der Waals surface area contributed by atoms with Gasteiger partial charge in [-0.25, -0.2) is 4.79 Å². The number of unbranched alkanes of at least 4 members (excludes halogenated alkanes) is 8. The van der Waals surface area contributed by atoms with Crippen LogP contribution in [0.2, 0.25) is 0 Å². The van der Waals surface area contributed by atoms with Gasteiger partial charge in [0.1, 0.15) is 0 Å². The van der Waals surface area contributed by atoms with Crippen LogP contribution in [0.5, 0.6) is 0 Å². The molecule has 0 aliphatic carbocycles. The van der Waals surface area contributed by atoms with Crippen LogP contribution < -0.4 is 9.80 Å². The predicted molar refractivity (Wildman–Crippen MR) is 130 cm³/mol. The van der Waals surface area contributed by atoms with Gasteiger partial charge in [0.25, 0.3) is 0 Å². The smallest absolute Gasteiger partial charge is 0.294 e. The van der Waals surface area contributed by atoms with Crippen LogP contribution in [0, 0.1) is 0 Å². The number of hydrogen-bond donors (Lipinski definition) is 0. The molecule has 2 aromatic rings. The van der Waals surface area contributed by atoms with E-state index in [9.17, 15) is 4.79 Å². The molecule has 0 bridgehead atoms. The van der Waals surface area contributed by atoms with E-state index in [1.807, 2.05) is 70.5 Å². The quantitative estimate of drug-likeness (QED) is 0.290. The molecule has 2 rings (SSSR count). The van der Waals surface area contributed by atoms with Crippen molar-refractivity contribution in [2.45, 2.75) is 78.1 Å². The average molecular weight is 409 g/mol. The van der Waals surface area contributed by atoms with Crippen LogP contribution in [0.4, 0.5) is 16.2 Å². The van der Waals surface area contributed by atoms with Crippen molar-refractivity contribution in [2.75, 3.05) is 22.9 Å². The zero-order chi connectivity index (χ0) is 21.4. The topological polar surface area (TPSA) is 23.6 Å². The molecule has 2 amide bonds. The molecule has 0 radical (unpaired) electrons. The summed E-state index contributed by atoms with van der Waals surface area (Å²) in [6, 6.07) is 20.4. The molecule has 3 heteroatoms. The molecule has 3 nitrogen and oxygen atoms in total. The van der Waals surface area contributed by atoms with E-state index in [1.54, 1.807) is 0 Å². The van der Waals surface area contributed by atoms with Gasteiger partial charge in [0.2, 0.25) is 0 Å². The highest BCUT2D eigenvalue weighted by Crippen LogP contribution is 2.22. The molecule has 0 aliphatic rings. The highest BCUT2D eigenvalue weighted by atomic mass is 16.2. The Balaban J connectivity index is 2.13. The summed E-state index contributed by atoms with van der Waals surface area (Å²) in [7, 11) is 0. The molecule has 30 heavy (non-hydrogen) atoms. The lowest BCUT2D eigenvalue weighted by Gasteiger charge is -2.31. The summed E-state index contributed by atoms with van der Waals surface area (Å²) >= 11 is 0. The molecule has 0 N–H and O–H groups in total. The minimum atomic E-state index is 0.0957. The van der Waals surface area contributed by atoms with Crippen LogP contribution in [0.3, 0.4) is 0 Å². The lowest BCUT2D eigenvalue weighted by molar-refractivity contribution is 0.251. The number of amides is 2. The van der Waals surface area contributed by atoms with Crippen LogP contribution >= 0.6 is 0 Å². The summed E-state index contributed by atoms with van der Waals surface area (Å²) in [5, 5.41) is 0. The van der Waals surface area contributed by atoms with Crippen molar-refractivity contribution in [1.29, 1.82) is 0 Å². The zero-order valence-electron chi connectivity index (χ0n) is 19.1. The summed E-state index contributed by atoms with van der Waals surface area (Å²) < 4.78 is 0. The Morgan fingerprint density at radius 3 is 1.30 bits per heavy atom. The van der Waals surface area contributed by atoms with Crippen LogP contribution in [-0.4, -0.2) is 19.1 Å². The highest BCUT2D eigenvalue weighted by molar-refractivity contribution is 6.03. The summed E-state index contributed by atoms with van der Waals surface area (Å²) in [6.45, 7) is 6.01. The van der Waals surface area contributed by atoms with E-state index in [2.05, 4.69) is 13.8 Å². The van der Waals surface area contributed by atoms with Gasteiger partial charge in [0, 0.05) is 24.5 Å². The van der Waals surface area contributed by atoms with Gasteiger partial charge in [0.15, 0.2) is 0 Å². The summed E-state index contributed by atoms with van der Waals surface area (Å²) in [6.07, 6.45) is 11.9. The minimum Gasteiger partial charge on any atom is -0.294 e. The third-order valence-electron chi connectivity index (χ3n) is 5.57. The Hall–Kier alpha value is -2.29. The number of carbonyl (C=O) groups is 1. The highest BCUT2D eigenvalue weighted by Gasteiger charge is 2.23. The van der Waals surface area contributed by atoms with Crippen molar-refractivity contribution in [3.05, 3.63) is 60.7 Å². The van der Waals surface area contributed by atoms with Gasteiger partial charge in [-0.2, -0.15) is 0 Å². The average Bonchev–Trinajstić information content (AvgIpc) is 2.79. The number of benzene rings is 2. The third kappa shape index (κ3) is 8.22. The standard InChI is InChI=1S/C27H40N2O/c1-3-5-7-9-17-23-28(25-19-13-11-14-20-25)27(30)29(24-18-10-8-6-4-2)26-21-15-12-16-22-26/h11-16,19-22H,3-10,17-18,23-24H2,1-2H3. The lowest BCUT2D eigenvalue weighted by atomic mass is 10.1. The fourth-order valence-electron chi connectivity index (χ4n) is 3.78.